The van der Waals surface area contributed by atoms with Crippen LogP contribution in [0.1, 0.15) is 44.6 Å². The van der Waals surface area contributed by atoms with E-state index in [4.69, 9.17) is 10.5 Å². The fraction of sp³-hybridized carbons (Fsp3) is 0.600. The Morgan fingerprint density at radius 2 is 2.11 bits per heavy atom. The molecule has 1 fully saturated rings. The second-order valence-electron chi connectivity index (χ2n) is 5.11. The summed E-state index contributed by atoms with van der Waals surface area (Å²) in [5.41, 5.74) is 7.89. The SMILES string of the molecule is CCC1CCCCC1OCc1c(N)cccc1Br. The standard InChI is InChI=1S/C15H22BrNO/c1-2-11-6-3-4-9-15(11)18-10-12-13(16)7-5-8-14(12)17/h5,7-8,11,15H,2-4,6,9-10,17H2,1H3. The maximum atomic E-state index is 6.12. The molecule has 0 saturated heterocycles. The molecule has 2 N–H and O–H groups in total. The number of halogens is 1. The average Bonchev–Trinajstić information content (AvgIpc) is 2.38. The second kappa shape index (κ2) is 6.58. The Bertz CT molecular complexity index is 374. The van der Waals surface area contributed by atoms with Gasteiger partial charge >= 0.3 is 0 Å². The molecule has 2 nitrogen and oxygen atoms in total. The summed E-state index contributed by atoms with van der Waals surface area (Å²) >= 11 is 3.54. The zero-order valence-corrected chi connectivity index (χ0v) is 12.6. The molecule has 0 spiro atoms. The number of benzene rings is 1. The molecule has 3 heteroatoms. The van der Waals surface area contributed by atoms with Crippen molar-refractivity contribution in [1.82, 2.24) is 0 Å². The lowest BCUT2D eigenvalue weighted by Gasteiger charge is -2.31. The van der Waals surface area contributed by atoms with Crippen molar-refractivity contribution in [3.63, 3.8) is 0 Å². The number of ether oxygens (including phenoxy) is 1. The van der Waals surface area contributed by atoms with Gasteiger partial charge in [0.15, 0.2) is 0 Å². The third-order valence-electron chi connectivity index (χ3n) is 3.96. The van der Waals surface area contributed by atoms with Crippen LogP contribution in [0.3, 0.4) is 0 Å². The maximum absolute atomic E-state index is 6.12. The van der Waals surface area contributed by atoms with E-state index >= 15 is 0 Å². The summed E-state index contributed by atoms with van der Waals surface area (Å²) in [5, 5.41) is 0. The average molecular weight is 312 g/mol. The van der Waals surface area contributed by atoms with Gasteiger partial charge in [-0.1, -0.05) is 48.2 Å². The molecule has 18 heavy (non-hydrogen) atoms. The summed E-state index contributed by atoms with van der Waals surface area (Å²) in [6, 6.07) is 5.91. The molecule has 2 rings (SSSR count). The van der Waals surface area contributed by atoms with Crippen molar-refractivity contribution in [1.29, 1.82) is 0 Å². The van der Waals surface area contributed by atoms with Gasteiger partial charge in [-0.3, -0.25) is 0 Å². The number of anilines is 1. The summed E-state index contributed by atoms with van der Waals surface area (Å²) in [6.45, 7) is 2.88. The molecule has 1 aromatic carbocycles. The monoisotopic (exact) mass is 311 g/mol. The molecule has 0 aliphatic heterocycles. The van der Waals surface area contributed by atoms with E-state index in [1.807, 2.05) is 18.2 Å². The normalized spacial score (nSPS) is 24.1. The van der Waals surface area contributed by atoms with E-state index in [2.05, 4.69) is 22.9 Å². The molecular weight excluding hydrogens is 290 g/mol. The van der Waals surface area contributed by atoms with Gasteiger partial charge in [-0.15, -0.1) is 0 Å². The summed E-state index contributed by atoms with van der Waals surface area (Å²) < 4.78 is 7.17. The number of hydrogen-bond acceptors (Lipinski definition) is 2. The topological polar surface area (TPSA) is 35.2 Å². The maximum Gasteiger partial charge on any atom is 0.0751 e. The highest BCUT2D eigenvalue weighted by molar-refractivity contribution is 9.10. The van der Waals surface area contributed by atoms with Crippen LogP contribution in [0.25, 0.3) is 0 Å². The molecule has 0 amide bonds. The fourth-order valence-corrected chi connectivity index (χ4v) is 3.27. The van der Waals surface area contributed by atoms with Gasteiger partial charge in [0.1, 0.15) is 0 Å². The van der Waals surface area contributed by atoms with Gasteiger partial charge in [-0.2, -0.15) is 0 Å². The van der Waals surface area contributed by atoms with Crippen LogP contribution in [0.2, 0.25) is 0 Å². The minimum Gasteiger partial charge on any atom is -0.398 e. The van der Waals surface area contributed by atoms with Crippen molar-refractivity contribution in [3.8, 4) is 0 Å². The first-order chi connectivity index (χ1) is 8.72. The molecule has 1 aliphatic rings. The Morgan fingerprint density at radius 3 is 2.83 bits per heavy atom. The minimum atomic E-state index is 0.412. The lowest BCUT2D eigenvalue weighted by Crippen LogP contribution is -2.27. The Kier molecular flexibility index (Phi) is 5.07. The van der Waals surface area contributed by atoms with Gasteiger partial charge in [0.2, 0.25) is 0 Å². The lowest BCUT2D eigenvalue weighted by molar-refractivity contribution is -0.0221. The molecular formula is C15H22BrNO. The van der Waals surface area contributed by atoms with Gasteiger partial charge < -0.3 is 10.5 Å². The second-order valence-corrected chi connectivity index (χ2v) is 5.96. The van der Waals surface area contributed by atoms with Crippen LogP contribution in [0.4, 0.5) is 5.69 Å². The highest BCUT2D eigenvalue weighted by Gasteiger charge is 2.24. The molecule has 100 valence electrons. The molecule has 0 aromatic heterocycles. The van der Waals surface area contributed by atoms with Crippen molar-refractivity contribution < 1.29 is 4.74 Å². The Hall–Kier alpha value is -0.540. The number of hydrogen-bond donors (Lipinski definition) is 1. The van der Waals surface area contributed by atoms with E-state index in [1.54, 1.807) is 0 Å². The van der Waals surface area contributed by atoms with E-state index < -0.39 is 0 Å². The minimum absolute atomic E-state index is 0.412. The number of nitrogens with two attached hydrogens (primary N) is 1. The van der Waals surface area contributed by atoms with Crippen molar-refractivity contribution in [2.75, 3.05) is 5.73 Å². The summed E-state index contributed by atoms with van der Waals surface area (Å²) in [5.74, 6) is 0.725. The van der Waals surface area contributed by atoms with Crippen molar-refractivity contribution in [2.24, 2.45) is 5.92 Å². The van der Waals surface area contributed by atoms with Crippen LogP contribution in [0.15, 0.2) is 22.7 Å². The van der Waals surface area contributed by atoms with Gasteiger partial charge in [-0.25, -0.2) is 0 Å². The van der Waals surface area contributed by atoms with Crippen LogP contribution in [-0.4, -0.2) is 6.10 Å². The van der Waals surface area contributed by atoms with Gasteiger partial charge in [0.05, 0.1) is 12.7 Å². The fourth-order valence-electron chi connectivity index (χ4n) is 2.78. The van der Waals surface area contributed by atoms with Crippen molar-refractivity contribution >= 4 is 21.6 Å². The molecule has 1 saturated carbocycles. The lowest BCUT2D eigenvalue weighted by atomic mass is 9.85. The first-order valence-corrected chi connectivity index (χ1v) is 7.66. The van der Waals surface area contributed by atoms with Gasteiger partial charge in [0.25, 0.3) is 0 Å². The largest absolute Gasteiger partial charge is 0.398 e. The third-order valence-corrected chi connectivity index (χ3v) is 4.70. The Morgan fingerprint density at radius 1 is 1.33 bits per heavy atom. The first kappa shape index (κ1) is 13.9. The van der Waals surface area contributed by atoms with E-state index in [1.165, 1.54) is 32.1 Å². The molecule has 1 aliphatic carbocycles. The van der Waals surface area contributed by atoms with Crippen LogP contribution in [0.5, 0.6) is 0 Å². The zero-order valence-electron chi connectivity index (χ0n) is 11.0. The molecule has 0 radical (unpaired) electrons. The number of rotatable bonds is 4. The van der Waals surface area contributed by atoms with E-state index in [9.17, 15) is 0 Å². The molecule has 0 bridgehead atoms. The van der Waals surface area contributed by atoms with E-state index in [0.717, 1.165) is 21.6 Å². The highest BCUT2D eigenvalue weighted by atomic mass is 79.9. The van der Waals surface area contributed by atoms with Crippen LogP contribution in [0, 0.1) is 5.92 Å². The summed E-state index contributed by atoms with van der Waals surface area (Å²) in [4.78, 5) is 0. The van der Waals surface area contributed by atoms with Crippen molar-refractivity contribution in [2.45, 2.75) is 51.7 Å². The predicted octanol–water partition coefficient (Wildman–Crippen LogP) is 4.52. The van der Waals surface area contributed by atoms with Crippen LogP contribution < -0.4 is 5.73 Å². The van der Waals surface area contributed by atoms with Crippen LogP contribution in [-0.2, 0) is 11.3 Å². The molecule has 2 atom stereocenters. The van der Waals surface area contributed by atoms with Crippen molar-refractivity contribution in [3.05, 3.63) is 28.2 Å². The molecule has 1 aromatic rings. The van der Waals surface area contributed by atoms with Gasteiger partial charge in [0, 0.05) is 15.7 Å². The van der Waals surface area contributed by atoms with E-state index in [0.29, 0.717) is 12.7 Å². The molecule has 2 unspecified atom stereocenters. The summed E-state index contributed by atoms with van der Waals surface area (Å²) in [6.07, 6.45) is 6.79. The first-order valence-electron chi connectivity index (χ1n) is 6.86. The van der Waals surface area contributed by atoms with E-state index in [-0.39, 0.29) is 0 Å². The third kappa shape index (κ3) is 3.27. The Labute approximate surface area is 118 Å². The molecule has 0 heterocycles. The summed E-state index contributed by atoms with van der Waals surface area (Å²) in [7, 11) is 0. The Balaban J connectivity index is 1.98. The highest BCUT2D eigenvalue weighted by Crippen LogP contribution is 2.31. The quantitative estimate of drug-likeness (QED) is 0.830. The van der Waals surface area contributed by atoms with Crippen LogP contribution >= 0.6 is 15.9 Å². The smallest absolute Gasteiger partial charge is 0.0751 e. The number of nitrogen functional groups attached to an aromatic ring is 1. The predicted molar refractivity (Wildman–Crippen MR) is 79.4 cm³/mol. The van der Waals surface area contributed by atoms with Gasteiger partial charge in [-0.05, 0) is 30.9 Å². The zero-order chi connectivity index (χ0) is 13.0.